The van der Waals surface area contributed by atoms with Crippen LogP contribution in [0.15, 0.2) is 48.0 Å². The highest BCUT2D eigenvalue weighted by Crippen LogP contribution is 2.34. The molecule has 18 heavy (non-hydrogen) atoms. The van der Waals surface area contributed by atoms with Crippen LogP contribution in [0.2, 0.25) is 0 Å². The first-order chi connectivity index (χ1) is 8.77. The molecule has 0 aliphatic carbocycles. The average molecular weight is 256 g/mol. The van der Waals surface area contributed by atoms with Crippen LogP contribution >= 0.6 is 11.3 Å². The van der Waals surface area contributed by atoms with Crippen molar-refractivity contribution in [1.29, 1.82) is 0 Å². The Hall–Kier alpha value is -1.58. The Morgan fingerprint density at radius 1 is 1.11 bits per heavy atom. The first-order valence-corrected chi connectivity index (χ1v) is 6.91. The lowest BCUT2D eigenvalue weighted by molar-refractivity contribution is 0.348. The van der Waals surface area contributed by atoms with E-state index in [4.69, 9.17) is 0 Å². The number of nitrogens with one attached hydrogen (secondary N) is 1. The molecule has 1 unspecified atom stereocenters. The van der Waals surface area contributed by atoms with E-state index >= 15 is 0 Å². The maximum atomic E-state index is 3.36. The fourth-order valence-corrected chi connectivity index (χ4v) is 3.39. The quantitative estimate of drug-likeness (QED) is 0.753. The third-order valence-corrected chi connectivity index (χ3v) is 4.17. The van der Waals surface area contributed by atoms with Crippen LogP contribution in [0.25, 0.3) is 10.9 Å². The number of benzene rings is 1. The van der Waals surface area contributed by atoms with Gasteiger partial charge in [0.25, 0.3) is 0 Å². The number of thiophene rings is 1. The minimum absolute atomic E-state index is 0.321. The van der Waals surface area contributed by atoms with Gasteiger partial charge in [-0.2, -0.15) is 0 Å². The number of hydrogen-bond donors (Lipinski definition) is 1. The first-order valence-electron chi connectivity index (χ1n) is 6.03. The van der Waals surface area contributed by atoms with E-state index in [-0.39, 0.29) is 0 Å². The molecule has 0 amide bonds. The number of aromatic nitrogens is 1. The van der Waals surface area contributed by atoms with Gasteiger partial charge in [-0.1, -0.05) is 24.3 Å². The van der Waals surface area contributed by atoms with Crippen molar-refractivity contribution in [3.05, 3.63) is 58.4 Å². The second-order valence-electron chi connectivity index (χ2n) is 4.67. The molecule has 0 saturated carbocycles. The lowest BCUT2D eigenvalue weighted by Crippen LogP contribution is -2.19. The molecule has 1 N–H and O–H groups in total. The van der Waals surface area contributed by atoms with Crippen LogP contribution in [0.3, 0.4) is 0 Å². The zero-order valence-electron chi connectivity index (χ0n) is 10.6. The zero-order valence-corrected chi connectivity index (χ0v) is 11.4. The van der Waals surface area contributed by atoms with Crippen LogP contribution in [0.5, 0.6) is 0 Å². The number of aromatic amines is 1. The summed E-state index contributed by atoms with van der Waals surface area (Å²) < 4.78 is 0. The highest BCUT2D eigenvalue weighted by atomic mass is 32.1. The maximum absolute atomic E-state index is 3.36. The predicted octanol–water partition coefficient (Wildman–Crippen LogP) is 3.88. The third-order valence-electron chi connectivity index (χ3n) is 3.24. The maximum Gasteiger partial charge on any atom is 0.0712 e. The lowest BCUT2D eigenvalue weighted by Gasteiger charge is -2.23. The van der Waals surface area contributed by atoms with Gasteiger partial charge in [-0.3, -0.25) is 4.90 Å². The van der Waals surface area contributed by atoms with Gasteiger partial charge >= 0.3 is 0 Å². The molecule has 92 valence electrons. The van der Waals surface area contributed by atoms with Crippen LogP contribution in [0.4, 0.5) is 0 Å². The van der Waals surface area contributed by atoms with Gasteiger partial charge in [0.15, 0.2) is 0 Å². The summed E-state index contributed by atoms with van der Waals surface area (Å²) in [5, 5.41) is 3.45. The van der Waals surface area contributed by atoms with Crippen molar-refractivity contribution in [1.82, 2.24) is 9.88 Å². The van der Waals surface area contributed by atoms with Gasteiger partial charge in [-0.15, -0.1) is 11.3 Å². The standard InChI is InChI=1S/C15H16N2S/c1-17(2)15(14-8-5-9-18-14)12-10-16-13-7-4-3-6-11(12)13/h3-10,15-16H,1-2H3. The number of H-pyrrole nitrogens is 1. The van der Waals surface area contributed by atoms with Crippen LogP contribution in [0, 0.1) is 0 Å². The van der Waals surface area contributed by atoms with Gasteiger partial charge in [0.2, 0.25) is 0 Å². The molecule has 2 nitrogen and oxygen atoms in total. The number of nitrogens with zero attached hydrogens (tertiary/aromatic N) is 1. The van der Waals surface area contributed by atoms with Gasteiger partial charge in [0.1, 0.15) is 0 Å². The van der Waals surface area contributed by atoms with E-state index in [1.165, 1.54) is 21.3 Å². The molecule has 0 fully saturated rings. The topological polar surface area (TPSA) is 19.0 Å². The molecule has 0 bridgehead atoms. The molecule has 0 aliphatic heterocycles. The molecule has 1 atom stereocenters. The summed E-state index contributed by atoms with van der Waals surface area (Å²) >= 11 is 1.81. The molecule has 3 heteroatoms. The summed E-state index contributed by atoms with van der Waals surface area (Å²) in [6.07, 6.45) is 2.13. The van der Waals surface area contributed by atoms with Crippen molar-refractivity contribution in [2.75, 3.05) is 14.1 Å². The van der Waals surface area contributed by atoms with E-state index < -0.39 is 0 Å². The lowest BCUT2D eigenvalue weighted by atomic mass is 10.0. The van der Waals surface area contributed by atoms with Crippen molar-refractivity contribution in [3.63, 3.8) is 0 Å². The Morgan fingerprint density at radius 2 is 1.94 bits per heavy atom. The van der Waals surface area contributed by atoms with Gasteiger partial charge in [-0.05, 0) is 37.2 Å². The molecule has 2 heterocycles. The summed E-state index contributed by atoms with van der Waals surface area (Å²) in [4.78, 5) is 7.01. The summed E-state index contributed by atoms with van der Waals surface area (Å²) in [5.41, 5.74) is 2.55. The minimum atomic E-state index is 0.321. The van der Waals surface area contributed by atoms with E-state index in [1.54, 1.807) is 0 Å². The SMILES string of the molecule is CN(C)C(c1cccs1)c1c[nH]c2ccccc12. The van der Waals surface area contributed by atoms with Gasteiger partial charge < -0.3 is 4.98 Å². The summed E-state index contributed by atoms with van der Waals surface area (Å²) in [6.45, 7) is 0. The molecule has 2 aromatic heterocycles. The third kappa shape index (κ3) is 1.85. The highest BCUT2D eigenvalue weighted by molar-refractivity contribution is 7.10. The van der Waals surface area contributed by atoms with Crippen molar-refractivity contribution in [2.45, 2.75) is 6.04 Å². The normalized spacial score (nSPS) is 13.3. The van der Waals surface area contributed by atoms with Crippen LogP contribution in [-0.2, 0) is 0 Å². The smallest absolute Gasteiger partial charge is 0.0712 e. The number of para-hydroxylation sites is 1. The predicted molar refractivity (Wildman–Crippen MR) is 78.1 cm³/mol. The Bertz CT molecular complexity index is 637. The van der Waals surface area contributed by atoms with Crippen molar-refractivity contribution in [2.24, 2.45) is 0 Å². The van der Waals surface area contributed by atoms with Crippen molar-refractivity contribution in [3.8, 4) is 0 Å². The van der Waals surface area contributed by atoms with Crippen LogP contribution in [0.1, 0.15) is 16.5 Å². The molecule has 0 radical (unpaired) electrons. The minimum Gasteiger partial charge on any atom is -0.361 e. The van der Waals surface area contributed by atoms with E-state index in [0.29, 0.717) is 6.04 Å². The molecule has 3 aromatic rings. The highest BCUT2D eigenvalue weighted by Gasteiger charge is 2.20. The first kappa shape index (κ1) is 11.5. The number of hydrogen-bond acceptors (Lipinski definition) is 2. The molecular weight excluding hydrogens is 240 g/mol. The monoisotopic (exact) mass is 256 g/mol. The molecule has 0 aliphatic rings. The molecule has 0 spiro atoms. The van der Waals surface area contributed by atoms with E-state index in [2.05, 4.69) is 72.0 Å². The van der Waals surface area contributed by atoms with E-state index in [0.717, 1.165) is 0 Å². The Labute approximate surface area is 111 Å². The molecular formula is C15H16N2S. The van der Waals surface area contributed by atoms with Gasteiger partial charge in [0.05, 0.1) is 6.04 Å². The largest absolute Gasteiger partial charge is 0.361 e. The Morgan fingerprint density at radius 3 is 2.67 bits per heavy atom. The second kappa shape index (κ2) is 4.59. The van der Waals surface area contributed by atoms with Crippen LogP contribution < -0.4 is 0 Å². The van der Waals surface area contributed by atoms with Crippen LogP contribution in [-0.4, -0.2) is 24.0 Å². The fraction of sp³-hybridized carbons (Fsp3) is 0.200. The van der Waals surface area contributed by atoms with Gasteiger partial charge in [0, 0.05) is 22.0 Å². The van der Waals surface area contributed by atoms with E-state index in [9.17, 15) is 0 Å². The molecule has 3 rings (SSSR count). The summed E-state index contributed by atoms with van der Waals surface area (Å²) in [5.74, 6) is 0. The van der Waals surface area contributed by atoms with Gasteiger partial charge in [-0.25, -0.2) is 0 Å². The van der Waals surface area contributed by atoms with Crippen molar-refractivity contribution < 1.29 is 0 Å². The molecule has 1 aromatic carbocycles. The van der Waals surface area contributed by atoms with E-state index in [1.807, 2.05) is 11.3 Å². The Kier molecular flexibility index (Phi) is 2.94. The zero-order chi connectivity index (χ0) is 12.5. The fourth-order valence-electron chi connectivity index (χ4n) is 2.45. The summed E-state index contributed by atoms with van der Waals surface area (Å²) in [6, 6.07) is 13.1. The Balaban J connectivity index is 2.16. The number of fused-ring (bicyclic) bond motifs is 1. The van der Waals surface area contributed by atoms with Crippen molar-refractivity contribution >= 4 is 22.2 Å². The summed E-state index contributed by atoms with van der Waals surface area (Å²) in [7, 11) is 4.26. The second-order valence-corrected chi connectivity index (χ2v) is 5.65. The molecule has 0 saturated heterocycles. The average Bonchev–Trinajstić information content (AvgIpc) is 3.00. The number of rotatable bonds is 3.